The Hall–Kier alpha value is -1.80. The second-order valence-corrected chi connectivity index (χ2v) is 8.83. The number of para-hydroxylation sites is 2. The van der Waals surface area contributed by atoms with Gasteiger partial charge < -0.3 is 14.5 Å². The zero-order valence-electron chi connectivity index (χ0n) is 16.6. The fourth-order valence-corrected chi connectivity index (χ4v) is 4.04. The molecule has 2 rings (SSSR count). The number of piperazine rings is 1. The van der Waals surface area contributed by atoms with Crippen LogP contribution in [0.25, 0.3) is 0 Å². The molecule has 0 aliphatic carbocycles. The summed E-state index contributed by atoms with van der Waals surface area (Å²) in [4.78, 5) is 16.6. The van der Waals surface area contributed by atoms with E-state index in [0.29, 0.717) is 32.7 Å². The molecule has 1 amide bonds. The normalized spacial score (nSPS) is 15.3. The third-order valence-corrected chi connectivity index (χ3v) is 6.10. The van der Waals surface area contributed by atoms with Gasteiger partial charge in [0.15, 0.2) is 0 Å². The van der Waals surface area contributed by atoms with Crippen molar-refractivity contribution in [2.45, 2.75) is 26.2 Å². The average molecular weight is 398 g/mol. The lowest BCUT2D eigenvalue weighted by atomic mass is 10.2. The maximum absolute atomic E-state index is 12.6. The van der Waals surface area contributed by atoms with Gasteiger partial charge in [-0.15, -0.1) is 0 Å². The van der Waals surface area contributed by atoms with Gasteiger partial charge in [-0.2, -0.15) is 4.31 Å². The van der Waals surface area contributed by atoms with E-state index in [2.05, 4.69) is 11.8 Å². The topological polar surface area (TPSA) is 70.2 Å². The summed E-state index contributed by atoms with van der Waals surface area (Å²) in [5.74, 6) is 0.688. The number of unbranched alkanes of at least 4 members (excludes halogenated alkanes) is 2. The highest BCUT2D eigenvalue weighted by Gasteiger charge is 2.26. The highest BCUT2D eigenvalue weighted by atomic mass is 32.2. The number of hydrogen-bond donors (Lipinski definition) is 0. The molecule has 1 aliphatic rings. The Labute approximate surface area is 162 Å². The average Bonchev–Trinajstić information content (AvgIpc) is 2.66. The predicted molar refractivity (Wildman–Crippen MR) is 108 cm³/mol. The van der Waals surface area contributed by atoms with Crippen molar-refractivity contribution in [3.05, 3.63) is 24.3 Å². The van der Waals surface area contributed by atoms with Gasteiger partial charge in [-0.25, -0.2) is 8.42 Å². The Kier molecular flexibility index (Phi) is 7.91. The number of benzene rings is 1. The molecule has 1 aromatic rings. The summed E-state index contributed by atoms with van der Waals surface area (Å²) >= 11 is 0. The minimum absolute atomic E-state index is 0.0722. The van der Waals surface area contributed by atoms with Crippen molar-refractivity contribution >= 4 is 21.6 Å². The molecule has 0 saturated carbocycles. The number of nitrogens with zero attached hydrogens (tertiary/aromatic N) is 3. The Balaban J connectivity index is 1.93. The zero-order chi connectivity index (χ0) is 19.9. The fourth-order valence-electron chi connectivity index (χ4n) is 3.24. The fraction of sp³-hybridized carbons (Fsp3) is 0.632. The molecule has 1 saturated heterocycles. The quantitative estimate of drug-likeness (QED) is 0.594. The summed E-state index contributed by atoms with van der Waals surface area (Å²) < 4.78 is 30.7. The lowest BCUT2D eigenvalue weighted by Gasteiger charge is -2.37. The first kappa shape index (κ1) is 21.5. The van der Waals surface area contributed by atoms with Crippen molar-refractivity contribution in [2.24, 2.45) is 0 Å². The van der Waals surface area contributed by atoms with Gasteiger partial charge in [-0.3, -0.25) is 4.79 Å². The van der Waals surface area contributed by atoms with Crippen LogP contribution in [0.5, 0.6) is 5.75 Å². The van der Waals surface area contributed by atoms with Crippen LogP contribution < -0.4 is 9.64 Å². The lowest BCUT2D eigenvalue weighted by molar-refractivity contribution is -0.131. The van der Waals surface area contributed by atoms with Crippen molar-refractivity contribution in [1.82, 2.24) is 9.21 Å². The first-order chi connectivity index (χ1) is 12.9. The molecule has 7 nitrogen and oxygen atoms in total. The number of sulfonamides is 1. The van der Waals surface area contributed by atoms with Gasteiger partial charge in [0.1, 0.15) is 5.75 Å². The largest absolute Gasteiger partial charge is 0.495 e. The van der Waals surface area contributed by atoms with E-state index in [1.807, 2.05) is 24.3 Å². The molecule has 8 heteroatoms. The van der Waals surface area contributed by atoms with Crippen molar-refractivity contribution in [2.75, 3.05) is 57.5 Å². The number of amides is 1. The van der Waals surface area contributed by atoms with E-state index in [9.17, 15) is 13.2 Å². The predicted octanol–water partition coefficient (Wildman–Crippen LogP) is 1.80. The van der Waals surface area contributed by atoms with E-state index in [4.69, 9.17) is 4.74 Å². The summed E-state index contributed by atoms with van der Waals surface area (Å²) in [5, 5.41) is 0. The zero-order valence-corrected chi connectivity index (χ0v) is 17.4. The van der Waals surface area contributed by atoms with E-state index < -0.39 is 10.0 Å². The molecule has 1 aliphatic heterocycles. The van der Waals surface area contributed by atoms with E-state index in [-0.39, 0.29) is 12.5 Å². The van der Waals surface area contributed by atoms with Crippen LogP contribution in [0.4, 0.5) is 5.69 Å². The monoisotopic (exact) mass is 397 g/mol. The molecular weight excluding hydrogens is 366 g/mol. The summed E-state index contributed by atoms with van der Waals surface area (Å²) in [6.07, 6.45) is 3.92. The van der Waals surface area contributed by atoms with Crippen LogP contribution in [-0.2, 0) is 14.8 Å². The molecule has 1 fully saturated rings. The molecule has 152 valence electrons. The number of rotatable bonds is 9. The molecule has 0 aromatic heterocycles. The number of methoxy groups -OCH3 is 1. The van der Waals surface area contributed by atoms with Crippen LogP contribution in [-0.4, -0.2) is 76.2 Å². The summed E-state index contributed by atoms with van der Waals surface area (Å²) in [6, 6.07) is 7.83. The molecule has 0 spiro atoms. The van der Waals surface area contributed by atoms with Gasteiger partial charge in [0.25, 0.3) is 0 Å². The van der Waals surface area contributed by atoms with Gasteiger partial charge in [-0.1, -0.05) is 31.9 Å². The highest BCUT2D eigenvalue weighted by molar-refractivity contribution is 7.88. The molecule has 0 atom stereocenters. The van der Waals surface area contributed by atoms with Gasteiger partial charge in [0.2, 0.25) is 15.9 Å². The summed E-state index contributed by atoms with van der Waals surface area (Å²) in [5.41, 5.74) is 1.02. The first-order valence-corrected chi connectivity index (χ1v) is 11.3. The van der Waals surface area contributed by atoms with E-state index in [1.54, 1.807) is 12.0 Å². The summed E-state index contributed by atoms with van der Waals surface area (Å²) in [6.45, 7) is 4.93. The van der Waals surface area contributed by atoms with Crippen LogP contribution in [0.1, 0.15) is 26.2 Å². The lowest BCUT2D eigenvalue weighted by Crippen LogP contribution is -2.52. The molecular formula is C19H31N3O4S. The van der Waals surface area contributed by atoms with Gasteiger partial charge in [0.05, 0.1) is 25.6 Å². The number of carbonyl (C=O) groups excluding carboxylic acids is 1. The highest BCUT2D eigenvalue weighted by Crippen LogP contribution is 2.28. The van der Waals surface area contributed by atoms with Crippen molar-refractivity contribution < 1.29 is 17.9 Å². The number of anilines is 1. The van der Waals surface area contributed by atoms with Crippen molar-refractivity contribution in [3.63, 3.8) is 0 Å². The van der Waals surface area contributed by atoms with E-state index in [0.717, 1.165) is 30.7 Å². The van der Waals surface area contributed by atoms with Gasteiger partial charge in [-0.05, 0) is 18.6 Å². The number of ether oxygens (including phenoxy) is 1. The molecule has 1 heterocycles. The second kappa shape index (κ2) is 9.94. The Morgan fingerprint density at radius 2 is 1.81 bits per heavy atom. The van der Waals surface area contributed by atoms with Crippen LogP contribution in [0.15, 0.2) is 24.3 Å². The third kappa shape index (κ3) is 6.10. The molecule has 1 aromatic carbocycles. The molecule has 0 radical (unpaired) electrons. The minimum Gasteiger partial charge on any atom is -0.495 e. The SMILES string of the molecule is CCCCCN(CC(=O)N1CCN(c2ccccc2OC)CC1)S(C)(=O)=O. The number of carbonyl (C=O) groups is 1. The van der Waals surface area contributed by atoms with Crippen LogP contribution in [0.2, 0.25) is 0 Å². The van der Waals surface area contributed by atoms with Gasteiger partial charge in [0, 0.05) is 32.7 Å². The maximum atomic E-state index is 12.6. The molecule has 27 heavy (non-hydrogen) atoms. The minimum atomic E-state index is -3.38. The van der Waals surface area contributed by atoms with Crippen molar-refractivity contribution in [1.29, 1.82) is 0 Å². The maximum Gasteiger partial charge on any atom is 0.238 e. The molecule has 0 bridgehead atoms. The summed E-state index contributed by atoms with van der Waals surface area (Å²) in [7, 11) is -1.73. The Morgan fingerprint density at radius 3 is 2.41 bits per heavy atom. The van der Waals surface area contributed by atoms with Crippen LogP contribution >= 0.6 is 0 Å². The Bertz CT molecular complexity index is 715. The van der Waals surface area contributed by atoms with Crippen LogP contribution in [0, 0.1) is 0 Å². The second-order valence-electron chi connectivity index (χ2n) is 6.84. The standard InChI is InChI=1S/C19H31N3O4S/c1-4-5-8-11-22(27(3,24)25)16-19(23)21-14-12-20(13-15-21)17-9-6-7-10-18(17)26-2/h6-7,9-10H,4-5,8,11-16H2,1-3H3. The number of hydrogen-bond acceptors (Lipinski definition) is 5. The van der Waals surface area contributed by atoms with E-state index in [1.165, 1.54) is 10.6 Å². The molecule has 0 unspecified atom stereocenters. The smallest absolute Gasteiger partial charge is 0.238 e. The van der Waals surface area contributed by atoms with Crippen molar-refractivity contribution in [3.8, 4) is 5.75 Å². The first-order valence-electron chi connectivity index (χ1n) is 9.47. The van der Waals surface area contributed by atoms with Crippen LogP contribution in [0.3, 0.4) is 0 Å². The Morgan fingerprint density at radius 1 is 1.15 bits per heavy atom. The molecule has 0 N–H and O–H groups in total. The van der Waals surface area contributed by atoms with Gasteiger partial charge >= 0.3 is 0 Å². The van der Waals surface area contributed by atoms with E-state index >= 15 is 0 Å². The third-order valence-electron chi connectivity index (χ3n) is 4.85.